The van der Waals surface area contributed by atoms with Gasteiger partial charge in [-0.15, -0.1) is 0 Å². The molecule has 0 aliphatic rings. The Morgan fingerprint density at radius 1 is 1.07 bits per heavy atom. The van der Waals surface area contributed by atoms with Crippen molar-refractivity contribution in [1.29, 1.82) is 0 Å². The van der Waals surface area contributed by atoms with Gasteiger partial charge in [0.2, 0.25) is 0 Å². The fourth-order valence-electron chi connectivity index (χ4n) is 1.18. The first-order valence-electron chi connectivity index (χ1n) is 3.70. The summed E-state index contributed by atoms with van der Waals surface area (Å²) in [5.74, 6) is 0. The maximum Gasteiger partial charge on any atom is 0.326 e. The summed E-state index contributed by atoms with van der Waals surface area (Å²) in [6, 6.07) is 3.00. The van der Waals surface area contributed by atoms with Crippen LogP contribution in [0, 0.1) is 0 Å². The molecule has 2 aromatic rings. The zero-order valence-electron chi connectivity index (χ0n) is 6.73. The highest BCUT2D eigenvalue weighted by Crippen LogP contribution is 2.26. The van der Waals surface area contributed by atoms with Crippen molar-refractivity contribution in [3.8, 4) is 0 Å². The maximum absolute atomic E-state index is 11.3. The zero-order chi connectivity index (χ0) is 10.3. The molecule has 0 unspecified atom stereocenters. The van der Waals surface area contributed by atoms with Gasteiger partial charge in [0, 0.05) is 0 Å². The van der Waals surface area contributed by atoms with Gasteiger partial charge < -0.3 is 4.98 Å². The van der Waals surface area contributed by atoms with E-state index in [1.807, 2.05) is 0 Å². The molecule has 14 heavy (non-hydrogen) atoms. The van der Waals surface area contributed by atoms with Gasteiger partial charge in [0.05, 0.1) is 20.9 Å². The van der Waals surface area contributed by atoms with Gasteiger partial charge >= 0.3 is 5.69 Å². The van der Waals surface area contributed by atoms with E-state index in [2.05, 4.69) is 9.97 Å². The van der Waals surface area contributed by atoms with E-state index in [9.17, 15) is 9.59 Å². The number of nitrogens with one attached hydrogen (secondary N) is 2. The summed E-state index contributed by atoms with van der Waals surface area (Å²) in [6.45, 7) is 0. The highest BCUT2D eigenvalue weighted by Gasteiger charge is 2.07. The van der Waals surface area contributed by atoms with Gasteiger partial charge in [0.1, 0.15) is 0 Å². The summed E-state index contributed by atoms with van der Waals surface area (Å²) in [7, 11) is 0. The molecule has 0 bridgehead atoms. The summed E-state index contributed by atoms with van der Waals surface area (Å²) in [6.07, 6.45) is 0. The SMILES string of the molecule is O=c1[nH]c(=O)c2ccc(Cl)c(Cl)c2[nH]1. The summed E-state index contributed by atoms with van der Waals surface area (Å²) < 4.78 is 0. The number of benzene rings is 1. The third-order valence-corrected chi connectivity index (χ3v) is 2.61. The topological polar surface area (TPSA) is 65.7 Å². The Morgan fingerprint density at radius 2 is 1.79 bits per heavy atom. The van der Waals surface area contributed by atoms with E-state index in [1.54, 1.807) is 0 Å². The minimum atomic E-state index is -0.605. The van der Waals surface area contributed by atoms with Crippen LogP contribution in [0.1, 0.15) is 0 Å². The zero-order valence-corrected chi connectivity index (χ0v) is 8.24. The Bertz CT molecular complexity index is 615. The molecule has 0 spiro atoms. The minimum Gasteiger partial charge on any atom is -0.305 e. The predicted octanol–water partition coefficient (Wildman–Crippen LogP) is 1.52. The fourth-order valence-corrected chi connectivity index (χ4v) is 1.55. The molecule has 0 aliphatic heterocycles. The lowest BCUT2D eigenvalue weighted by Gasteiger charge is -2.00. The monoisotopic (exact) mass is 230 g/mol. The molecule has 72 valence electrons. The molecule has 0 saturated heterocycles. The van der Waals surface area contributed by atoms with Crippen molar-refractivity contribution in [1.82, 2.24) is 9.97 Å². The van der Waals surface area contributed by atoms with Crippen LogP contribution in [-0.4, -0.2) is 9.97 Å². The van der Waals surface area contributed by atoms with Gasteiger partial charge in [0.15, 0.2) is 0 Å². The average molecular weight is 231 g/mol. The quantitative estimate of drug-likeness (QED) is 0.721. The van der Waals surface area contributed by atoms with Gasteiger partial charge in [-0.1, -0.05) is 23.2 Å². The first-order valence-corrected chi connectivity index (χ1v) is 4.45. The third-order valence-electron chi connectivity index (χ3n) is 1.81. The van der Waals surface area contributed by atoms with Crippen LogP contribution in [0.15, 0.2) is 21.7 Å². The second kappa shape index (κ2) is 3.15. The van der Waals surface area contributed by atoms with Crippen LogP contribution >= 0.6 is 23.2 Å². The summed E-state index contributed by atoms with van der Waals surface area (Å²) >= 11 is 11.5. The number of H-pyrrole nitrogens is 2. The molecule has 0 radical (unpaired) electrons. The minimum absolute atomic E-state index is 0.173. The number of halogens is 2. The van der Waals surface area contributed by atoms with E-state index >= 15 is 0 Å². The lowest BCUT2D eigenvalue weighted by Crippen LogP contribution is -2.21. The van der Waals surface area contributed by atoms with Gasteiger partial charge in [0.25, 0.3) is 5.56 Å². The van der Waals surface area contributed by atoms with Crippen molar-refractivity contribution in [3.05, 3.63) is 43.0 Å². The number of hydrogen-bond donors (Lipinski definition) is 2. The van der Waals surface area contributed by atoms with Crippen molar-refractivity contribution in [2.75, 3.05) is 0 Å². The molecule has 4 nitrogen and oxygen atoms in total. The number of aromatic amines is 2. The van der Waals surface area contributed by atoms with Crippen molar-refractivity contribution in [2.45, 2.75) is 0 Å². The molecular weight excluding hydrogens is 227 g/mol. The molecule has 1 aromatic heterocycles. The van der Waals surface area contributed by atoms with Gasteiger partial charge in [-0.2, -0.15) is 0 Å². The molecule has 0 saturated carbocycles. The van der Waals surface area contributed by atoms with Crippen LogP contribution in [0.2, 0.25) is 10.0 Å². The van der Waals surface area contributed by atoms with Gasteiger partial charge in [-0.3, -0.25) is 9.78 Å². The second-order valence-corrected chi connectivity index (χ2v) is 3.48. The van der Waals surface area contributed by atoms with E-state index in [1.165, 1.54) is 12.1 Å². The Kier molecular flexibility index (Phi) is 2.09. The number of aromatic nitrogens is 2. The van der Waals surface area contributed by atoms with Crippen LogP contribution in [0.4, 0.5) is 0 Å². The highest BCUT2D eigenvalue weighted by molar-refractivity contribution is 6.44. The lowest BCUT2D eigenvalue weighted by molar-refractivity contribution is 1.08. The average Bonchev–Trinajstić information content (AvgIpc) is 2.12. The van der Waals surface area contributed by atoms with Crippen molar-refractivity contribution in [3.63, 3.8) is 0 Å². The van der Waals surface area contributed by atoms with Crippen LogP contribution in [0.25, 0.3) is 10.9 Å². The second-order valence-electron chi connectivity index (χ2n) is 2.69. The highest BCUT2D eigenvalue weighted by atomic mass is 35.5. The molecule has 1 heterocycles. The number of rotatable bonds is 0. The van der Waals surface area contributed by atoms with E-state index in [0.29, 0.717) is 10.4 Å². The van der Waals surface area contributed by atoms with Crippen LogP contribution in [-0.2, 0) is 0 Å². The Balaban J connectivity index is 3.10. The van der Waals surface area contributed by atoms with Crippen molar-refractivity contribution in [2.24, 2.45) is 0 Å². The van der Waals surface area contributed by atoms with E-state index in [4.69, 9.17) is 23.2 Å². The van der Waals surface area contributed by atoms with Crippen LogP contribution in [0.3, 0.4) is 0 Å². The molecule has 1 aromatic carbocycles. The standard InChI is InChI=1S/C8H4Cl2N2O2/c9-4-2-1-3-6(5(4)10)11-8(14)12-7(3)13/h1-2H,(H2,11,12,13,14). The molecule has 0 amide bonds. The molecule has 2 rings (SSSR count). The fraction of sp³-hybridized carbons (Fsp3) is 0. The first-order chi connectivity index (χ1) is 6.59. The summed E-state index contributed by atoms with van der Waals surface area (Å²) in [5, 5.41) is 0.770. The van der Waals surface area contributed by atoms with Crippen molar-refractivity contribution >= 4 is 34.1 Å². The molecule has 0 fully saturated rings. The number of fused-ring (bicyclic) bond motifs is 1. The first kappa shape index (κ1) is 9.30. The van der Waals surface area contributed by atoms with Crippen LogP contribution < -0.4 is 11.2 Å². The van der Waals surface area contributed by atoms with E-state index < -0.39 is 11.2 Å². The molecule has 6 heteroatoms. The Morgan fingerprint density at radius 3 is 2.50 bits per heavy atom. The summed E-state index contributed by atoms with van der Waals surface area (Å²) in [5.41, 5.74) is -0.832. The maximum atomic E-state index is 11.3. The normalized spacial score (nSPS) is 10.7. The number of hydrogen-bond acceptors (Lipinski definition) is 2. The smallest absolute Gasteiger partial charge is 0.305 e. The summed E-state index contributed by atoms with van der Waals surface area (Å²) in [4.78, 5) is 26.7. The third kappa shape index (κ3) is 1.32. The molecular formula is C8H4Cl2N2O2. The van der Waals surface area contributed by atoms with E-state index in [-0.39, 0.29) is 10.5 Å². The van der Waals surface area contributed by atoms with Gasteiger partial charge in [-0.25, -0.2) is 4.79 Å². The van der Waals surface area contributed by atoms with E-state index in [0.717, 1.165) is 0 Å². The molecule has 0 atom stereocenters. The predicted molar refractivity (Wildman–Crippen MR) is 55.2 cm³/mol. The lowest BCUT2D eigenvalue weighted by atomic mass is 10.2. The largest absolute Gasteiger partial charge is 0.326 e. The molecule has 2 N–H and O–H groups in total. The van der Waals surface area contributed by atoms with Crippen molar-refractivity contribution < 1.29 is 0 Å². The van der Waals surface area contributed by atoms with Crippen LogP contribution in [0.5, 0.6) is 0 Å². The van der Waals surface area contributed by atoms with Gasteiger partial charge in [-0.05, 0) is 12.1 Å². The molecule has 0 aliphatic carbocycles. The Hall–Kier alpha value is -1.26. The Labute approximate surface area is 87.5 Å².